The zero-order valence-electron chi connectivity index (χ0n) is 18.1. The van der Waals surface area contributed by atoms with Crippen LogP contribution in [0, 0.1) is 5.92 Å². The second kappa shape index (κ2) is 7.59. The van der Waals surface area contributed by atoms with Crippen LogP contribution in [-0.4, -0.2) is 32.9 Å². The summed E-state index contributed by atoms with van der Waals surface area (Å²) >= 11 is 0. The van der Waals surface area contributed by atoms with Crippen LogP contribution in [0.15, 0.2) is 53.1 Å². The highest BCUT2D eigenvalue weighted by Crippen LogP contribution is 2.34. The largest absolute Gasteiger partial charge is 0.463 e. The van der Waals surface area contributed by atoms with E-state index in [0.717, 1.165) is 30.3 Å². The summed E-state index contributed by atoms with van der Waals surface area (Å²) in [6, 6.07) is 13.7. The molecule has 1 aliphatic carbocycles. The number of benzene rings is 1. The molecule has 3 atom stereocenters. The number of carbonyl (C=O) groups excluding carboxylic acids is 2. The average molecular weight is 420 g/mol. The molecule has 0 unspecified atom stereocenters. The van der Waals surface area contributed by atoms with Gasteiger partial charge in [0.25, 0.3) is 5.91 Å². The van der Waals surface area contributed by atoms with Gasteiger partial charge in [0.05, 0.1) is 18.3 Å². The third-order valence-corrected chi connectivity index (χ3v) is 7.15. The minimum atomic E-state index is -1.000. The molecule has 0 radical (unpaired) electrons. The van der Waals surface area contributed by atoms with E-state index >= 15 is 0 Å². The molecule has 6 heteroatoms. The standard InChI is InChI=1S/C25H29N3O3/c1-17-8-6-7-11-19(17)26-24(30)25(2)16-27-20-12-13-31-22(20)14-21(27)23(29)28(25)15-18-9-4-3-5-10-18/h3-5,9-10,12-14,17,19H,6-8,11,15-16H2,1-2H3,(H,26,30)/t17-,19-,25-/m1/s1. The molecule has 0 spiro atoms. The fourth-order valence-electron chi connectivity index (χ4n) is 5.14. The maximum absolute atomic E-state index is 13.7. The summed E-state index contributed by atoms with van der Waals surface area (Å²) in [4.78, 5) is 29.1. The Morgan fingerprint density at radius 3 is 2.74 bits per heavy atom. The fraction of sp³-hybridized carbons (Fsp3) is 0.440. The van der Waals surface area contributed by atoms with Gasteiger partial charge in [-0.05, 0) is 31.2 Å². The van der Waals surface area contributed by atoms with Gasteiger partial charge in [-0.3, -0.25) is 9.59 Å². The molecule has 5 rings (SSSR count). The first kappa shape index (κ1) is 19.9. The molecule has 2 amide bonds. The molecule has 6 nitrogen and oxygen atoms in total. The number of fused-ring (bicyclic) bond motifs is 3. The maximum Gasteiger partial charge on any atom is 0.271 e. The van der Waals surface area contributed by atoms with Gasteiger partial charge < -0.3 is 19.2 Å². The second-order valence-corrected chi connectivity index (χ2v) is 9.28. The first-order valence-corrected chi connectivity index (χ1v) is 11.2. The minimum absolute atomic E-state index is 0.0773. The summed E-state index contributed by atoms with van der Waals surface area (Å²) in [5, 5.41) is 3.31. The first-order valence-electron chi connectivity index (χ1n) is 11.2. The Balaban J connectivity index is 1.53. The Morgan fingerprint density at radius 2 is 1.97 bits per heavy atom. The first-order chi connectivity index (χ1) is 15.0. The van der Waals surface area contributed by atoms with Crippen LogP contribution in [0.5, 0.6) is 0 Å². The molecular weight excluding hydrogens is 390 g/mol. The predicted molar refractivity (Wildman–Crippen MR) is 118 cm³/mol. The lowest BCUT2D eigenvalue weighted by molar-refractivity contribution is -0.134. The van der Waals surface area contributed by atoms with Crippen LogP contribution >= 0.6 is 0 Å². The van der Waals surface area contributed by atoms with E-state index < -0.39 is 5.54 Å². The Labute approximate surface area is 182 Å². The van der Waals surface area contributed by atoms with Crippen molar-refractivity contribution in [2.45, 2.75) is 64.2 Å². The number of furan rings is 1. The highest BCUT2D eigenvalue weighted by Gasteiger charge is 2.48. The molecule has 2 aromatic heterocycles. The third-order valence-electron chi connectivity index (χ3n) is 7.15. The summed E-state index contributed by atoms with van der Waals surface area (Å²) < 4.78 is 7.48. The quantitative estimate of drug-likeness (QED) is 0.684. The molecule has 3 aromatic rings. The Morgan fingerprint density at radius 1 is 1.19 bits per heavy atom. The predicted octanol–water partition coefficient (Wildman–Crippen LogP) is 4.34. The molecule has 0 bridgehead atoms. The lowest BCUT2D eigenvalue weighted by atomic mass is 9.85. The number of nitrogens with one attached hydrogen (secondary N) is 1. The van der Waals surface area contributed by atoms with Crippen LogP contribution in [0.2, 0.25) is 0 Å². The Bertz CT molecular complexity index is 1120. The molecule has 1 fully saturated rings. The van der Waals surface area contributed by atoms with Gasteiger partial charge in [-0.25, -0.2) is 0 Å². The van der Waals surface area contributed by atoms with Crippen molar-refractivity contribution in [1.29, 1.82) is 0 Å². The Kier molecular flexibility index (Phi) is 4.88. The summed E-state index contributed by atoms with van der Waals surface area (Å²) in [6.07, 6.45) is 6.10. The van der Waals surface area contributed by atoms with Crippen LogP contribution in [0.1, 0.15) is 55.6 Å². The summed E-state index contributed by atoms with van der Waals surface area (Å²) in [7, 11) is 0. The molecule has 1 N–H and O–H groups in total. The number of hydrogen-bond donors (Lipinski definition) is 1. The molecule has 2 aliphatic rings. The number of rotatable bonds is 4. The molecule has 1 aromatic carbocycles. The SMILES string of the molecule is C[C@@H]1CCCC[C@H]1NC(=O)[C@@]1(C)Cn2c(cc3occc32)C(=O)N1Cc1ccccc1. The maximum atomic E-state index is 13.7. The van der Waals surface area contributed by atoms with Gasteiger partial charge in [0.1, 0.15) is 11.2 Å². The molecule has 1 aliphatic heterocycles. The zero-order valence-corrected chi connectivity index (χ0v) is 18.1. The number of nitrogens with zero attached hydrogens (tertiary/aromatic N) is 2. The molecule has 1 saturated carbocycles. The lowest BCUT2D eigenvalue weighted by Crippen LogP contribution is -2.65. The van der Waals surface area contributed by atoms with Crippen LogP contribution < -0.4 is 5.32 Å². The molecule has 3 heterocycles. The molecular formula is C25H29N3O3. The number of hydrogen-bond acceptors (Lipinski definition) is 3. The van der Waals surface area contributed by atoms with Crippen LogP contribution in [-0.2, 0) is 17.9 Å². The van der Waals surface area contributed by atoms with Crippen molar-refractivity contribution in [2.75, 3.05) is 0 Å². The van der Waals surface area contributed by atoms with Crippen LogP contribution in [0.3, 0.4) is 0 Å². The van der Waals surface area contributed by atoms with Crippen molar-refractivity contribution >= 4 is 22.9 Å². The van der Waals surface area contributed by atoms with Crippen molar-refractivity contribution in [3.63, 3.8) is 0 Å². The number of amides is 2. The van der Waals surface area contributed by atoms with Gasteiger partial charge in [0.2, 0.25) is 5.91 Å². The van der Waals surface area contributed by atoms with E-state index in [9.17, 15) is 9.59 Å². The summed E-state index contributed by atoms with van der Waals surface area (Å²) in [5.74, 6) is 0.230. The minimum Gasteiger partial charge on any atom is -0.463 e. The third kappa shape index (κ3) is 3.34. The number of aromatic nitrogens is 1. The average Bonchev–Trinajstić information content (AvgIpc) is 3.36. The monoisotopic (exact) mass is 419 g/mol. The topological polar surface area (TPSA) is 67.5 Å². The van der Waals surface area contributed by atoms with E-state index in [0.29, 0.717) is 30.3 Å². The van der Waals surface area contributed by atoms with Crippen molar-refractivity contribution in [1.82, 2.24) is 14.8 Å². The highest BCUT2D eigenvalue weighted by atomic mass is 16.3. The van der Waals surface area contributed by atoms with E-state index in [2.05, 4.69) is 12.2 Å². The normalized spacial score (nSPS) is 26.1. The highest BCUT2D eigenvalue weighted by molar-refractivity contribution is 6.02. The van der Waals surface area contributed by atoms with E-state index in [1.165, 1.54) is 6.42 Å². The van der Waals surface area contributed by atoms with Crippen molar-refractivity contribution in [3.8, 4) is 0 Å². The van der Waals surface area contributed by atoms with E-state index in [1.54, 1.807) is 17.2 Å². The van der Waals surface area contributed by atoms with Crippen molar-refractivity contribution in [2.24, 2.45) is 5.92 Å². The van der Waals surface area contributed by atoms with E-state index in [4.69, 9.17) is 4.42 Å². The Hall–Kier alpha value is -3.02. The van der Waals surface area contributed by atoms with Crippen LogP contribution in [0.25, 0.3) is 11.1 Å². The molecule has 162 valence electrons. The second-order valence-electron chi connectivity index (χ2n) is 9.28. The molecule has 31 heavy (non-hydrogen) atoms. The number of carbonyl (C=O) groups is 2. The zero-order chi connectivity index (χ0) is 21.6. The molecule has 0 saturated heterocycles. The summed E-state index contributed by atoms with van der Waals surface area (Å²) in [6.45, 7) is 4.89. The van der Waals surface area contributed by atoms with Gasteiger partial charge >= 0.3 is 0 Å². The van der Waals surface area contributed by atoms with Crippen molar-refractivity contribution in [3.05, 3.63) is 60.0 Å². The van der Waals surface area contributed by atoms with Crippen molar-refractivity contribution < 1.29 is 14.0 Å². The van der Waals surface area contributed by atoms with Gasteiger partial charge in [0.15, 0.2) is 5.58 Å². The summed E-state index contributed by atoms with van der Waals surface area (Å²) in [5.41, 5.74) is 2.10. The lowest BCUT2D eigenvalue weighted by Gasteiger charge is -2.45. The van der Waals surface area contributed by atoms with Gasteiger partial charge in [-0.2, -0.15) is 0 Å². The van der Waals surface area contributed by atoms with Gasteiger partial charge in [0, 0.05) is 24.7 Å². The smallest absolute Gasteiger partial charge is 0.271 e. The van der Waals surface area contributed by atoms with E-state index in [1.807, 2.05) is 47.9 Å². The van der Waals surface area contributed by atoms with Gasteiger partial charge in [-0.15, -0.1) is 0 Å². The fourth-order valence-corrected chi connectivity index (χ4v) is 5.14. The van der Waals surface area contributed by atoms with Crippen LogP contribution in [0.4, 0.5) is 0 Å². The van der Waals surface area contributed by atoms with Gasteiger partial charge in [-0.1, -0.05) is 50.1 Å². The van der Waals surface area contributed by atoms with E-state index in [-0.39, 0.29) is 17.9 Å².